The van der Waals surface area contributed by atoms with E-state index in [0.29, 0.717) is 11.4 Å². The summed E-state index contributed by atoms with van der Waals surface area (Å²) in [6, 6.07) is 13.2. The van der Waals surface area contributed by atoms with Gasteiger partial charge in [-0.15, -0.1) is 0 Å². The maximum Gasteiger partial charge on any atom is 0.132 e. The zero-order valence-electron chi connectivity index (χ0n) is 12.3. The summed E-state index contributed by atoms with van der Waals surface area (Å²) in [5.74, 6) is 2.28. The Kier molecular flexibility index (Phi) is 5.48. The Morgan fingerprint density at radius 1 is 1.10 bits per heavy atom. The summed E-state index contributed by atoms with van der Waals surface area (Å²) >= 11 is 6.29. The summed E-state index contributed by atoms with van der Waals surface area (Å²) < 4.78 is 11.1. The van der Waals surface area contributed by atoms with Gasteiger partial charge in [0.1, 0.15) is 17.2 Å². The first kappa shape index (κ1) is 15.7. The molecule has 0 amide bonds. The molecule has 0 radical (unpaired) electrons. The SMILES string of the molecule is CCC(N)Cc1c(Cl)cccc1Oc1ccc(OC)cc1. The van der Waals surface area contributed by atoms with Crippen molar-refractivity contribution in [3.05, 3.63) is 53.1 Å². The highest BCUT2D eigenvalue weighted by molar-refractivity contribution is 6.31. The lowest BCUT2D eigenvalue weighted by molar-refractivity contribution is 0.412. The first-order chi connectivity index (χ1) is 10.1. The summed E-state index contributed by atoms with van der Waals surface area (Å²) in [5, 5.41) is 0.685. The van der Waals surface area contributed by atoms with Crippen LogP contribution in [0.1, 0.15) is 18.9 Å². The van der Waals surface area contributed by atoms with E-state index in [2.05, 4.69) is 6.92 Å². The lowest BCUT2D eigenvalue weighted by atomic mass is 10.0. The first-order valence-corrected chi connectivity index (χ1v) is 7.36. The highest BCUT2D eigenvalue weighted by Crippen LogP contribution is 2.32. The van der Waals surface area contributed by atoms with Gasteiger partial charge in [-0.05, 0) is 49.2 Å². The predicted octanol–water partition coefficient (Wildman–Crippen LogP) is 4.42. The van der Waals surface area contributed by atoms with E-state index >= 15 is 0 Å². The molecule has 0 fully saturated rings. The molecule has 0 aromatic heterocycles. The fraction of sp³-hybridized carbons (Fsp3) is 0.294. The van der Waals surface area contributed by atoms with Crippen molar-refractivity contribution in [2.24, 2.45) is 5.73 Å². The lowest BCUT2D eigenvalue weighted by Crippen LogP contribution is -2.21. The molecule has 2 aromatic rings. The number of methoxy groups -OCH3 is 1. The van der Waals surface area contributed by atoms with Crippen molar-refractivity contribution in [3.8, 4) is 17.2 Å². The monoisotopic (exact) mass is 305 g/mol. The van der Waals surface area contributed by atoms with Crippen molar-refractivity contribution in [2.45, 2.75) is 25.8 Å². The summed E-state index contributed by atoms with van der Waals surface area (Å²) in [6.45, 7) is 2.06. The van der Waals surface area contributed by atoms with E-state index in [0.717, 1.165) is 29.2 Å². The lowest BCUT2D eigenvalue weighted by Gasteiger charge is -2.15. The van der Waals surface area contributed by atoms with E-state index < -0.39 is 0 Å². The smallest absolute Gasteiger partial charge is 0.132 e. The largest absolute Gasteiger partial charge is 0.497 e. The van der Waals surface area contributed by atoms with E-state index in [-0.39, 0.29) is 6.04 Å². The third-order valence-corrected chi connectivity index (χ3v) is 3.71. The molecule has 4 heteroatoms. The van der Waals surface area contributed by atoms with Crippen molar-refractivity contribution in [3.63, 3.8) is 0 Å². The molecular weight excluding hydrogens is 286 g/mol. The van der Waals surface area contributed by atoms with Gasteiger partial charge in [0, 0.05) is 16.6 Å². The molecule has 2 N–H and O–H groups in total. The van der Waals surface area contributed by atoms with E-state index in [4.69, 9.17) is 26.8 Å². The summed E-state index contributed by atoms with van der Waals surface area (Å²) in [4.78, 5) is 0. The Bertz CT molecular complexity index is 584. The van der Waals surface area contributed by atoms with Gasteiger partial charge in [-0.2, -0.15) is 0 Å². The Morgan fingerprint density at radius 3 is 2.38 bits per heavy atom. The van der Waals surface area contributed by atoms with E-state index in [1.165, 1.54) is 0 Å². The average Bonchev–Trinajstić information content (AvgIpc) is 2.51. The van der Waals surface area contributed by atoms with Crippen LogP contribution in [0.2, 0.25) is 5.02 Å². The second kappa shape index (κ2) is 7.34. The van der Waals surface area contributed by atoms with Crippen molar-refractivity contribution in [2.75, 3.05) is 7.11 Å². The van der Waals surface area contributed by atoms with Gasteiger partial charge in [0.15, 0.2) is 0 Å². The molecule has 1 unspecified atom stereocenters. The standard InChI is InChI=1S/C17H20ClNO2/c1-3-12(19)11-15-16(18)5-4-6-17(15)21-14-9-7-13(20-2)8-10-14/h4-10,12H,3,11,19H2,1-2H3. The van der Waals surface area contributed by atoms with Crippen LogP contribution < -0.4 is 15.2 Å². The highest BCUT2D eigenvalue weighted by atomic mass is 35.5. The van der Waals surface area contributed by atoms with Crippen molar-refractivity contribution < 1.29 is 9.47 Å². The minimum atomic E-state index is 0.0723. The van der Waals surface area contributed by atoms with Crippen LogP contribution in [0.25, 0.3) is 0 Å². The summed E-state index contributed by atoms with van der Waals surface area (Å²) in [6.07, 6.45) is 1.59. The molecule has 2 rings (SSSR count). The molecule has 0 spiro atoms. The van der Waals surface area contributed by atoms with Crippen LogP contribution in [0.3, 0.4) is 0 Å². The quantitative estimate of drug-likeness (QED) is 0.859. The van der Waals surface area contributed by atoms with Crippen molar-refractivity contribution >= 4 is 11.6 Å². The predicted molar refractivity (Wildman–Crippen MR) is 86.5 cm³/mol. The second-order valence-corrected chi connectivity index (χ2v) is 5.27. The molecule has 0 saturated heterocycles. The normalized spacial score (nSPS) is 12.0. The molecule has 21 heavy (non-hydrogen) atoms. The fourth-order valence-corrected chi connectivity index (χ4v) is 2.25. The average molecular weight is 306 g/mol. The molecule has 0 aliphatic carbocycles. The van der Waals surface area contributed by atoms with Crippen molar-refractivity contribution in [1.29, 1.82) is 0 Å². The van der Waals surface area contributed by atoms with E-state index in [1.54, 1.807) is 7.11 Å². The molecule has 0 aliphatic rings. The third kappa shape index (κ3) is 4.13. The van der Waals surface area contributed by atoms with Crippen LogP contribution in [0.15, 0.2) is 42.5 Å². The van der Waals surface area contributed by atoms with Crippen LogP contribution in [0, 0.1) is 0 Å². The zero-order valence-corrected chi connectivity index (χ0v) is 13.1. The minimum Gasteiger partial charge on any atom is -0.497 e. The molecule has 3 nitrogen and oxygen atoms in total. The minimum absolute atomic E-state index is 0.0723. The van der Waals surface area contributed by atoms with Gasteiger partial charge in [-0.1, -0.05) is 24.6 Å². The number of ether oxygens (including phenoxy) is 2. The number of nitrogens with two attached hydrogens (primary N) is 1. The summed E-state index contributed by atoms with van der Waals surface area (Å²) in [5.41, 5.74) is 6.99. The van der Waals surface area contributed by atoms with Gasteiger partial charge < -0.3 is 15.2 Å². The number of halogens is 1. The highest BCUT2D eigenvalue weighted by Gasteiger charge is 2.12. The maximum absolute atomic E-state index is 6.29. The Morgan fingerprint density at radius 2 is 1.76 bits per heavy atom. The van der Waals surface area contributed by atoms with Gasteiger partial charge in [-0.3, -0.25) is 0 Å². The summed E-state index contributed by atoms with van der Waals surface area (Å²) in [7, 11) is 1.64. The van der Waals surface area contributed by atoms with Crippen LogP contribution in [-0.2, 0) is 6.42 Å². The van der Waals surface area contributed by atoms with Gasteiger partial charge in [-0.25, -0.2) is 0 Å². The Hall–Kier alpha value is -1.71. The van der Waals surface area contributed by atoms with Gasteiger partial charge in [0.05, 0.1) is 7.11 Å². The number of rotatable bonds is 6. The van der Waals surface area contributed by atoms with E-state index in [1.807, 2.05) is 42.5 Å². The molecular formula is C17H20ClNO2. The fourth-order valence-electron chi connectivity index (χ4n) is 2.01. The molecule has 2 aromatic carbocycles. The molecule has 1 atom stereocenters. The van der Waals surface area contributed by atoms with E-state index in [9.17, 15) is 0 Å². The van der Waals surface area contributed by atoms with Crippen molar-refractivity contribution in [1.82, 2.24) is 0 Å². The molecule has 0 aliphatic heterocycles. The number of benzene rings is 2. The zero-order chi connectivity index (χ0) is 15.2. The molecule has 0 heterocycles. The third-order valence-electron chi connectivity index (χ3n) is 3.35. The molecule has 0 bridgehead atoms. The van der Waals surface area contributed by atoms with Crippen LogP contribution >= 0.6 is 11.6 Å². The Labute approximate surface area is 130 Å². The molecule has 0 saturated carbocycles. The first-order valence-electron chi connectivity index (χ1n) is 6.99. The van der Waals surface area contributed by atoms with Gasteiger partial charge in [0.25, 0.3) is 0 Å². The van der Waals surface area contributed by atoms with Gasteiger partial charge in [0.2, 0.25) is 0 Å². The maximum atomic E-state index is 6.29. The van der Waals surface area contributed by atoms with Gasteiger partial charge >= 0.3 is 0 Å². The number of hydrogen-bond acceptors (Lipinski definition) is 3. The van der Waals surface area contributed by atoms with Crippen LogP contribution in [0.4, 0.5) is 0 Å². The van der Waals surface area contributed by atoms with Crippen LogP contribution in [-0.4, -0.2) is 13.2 Å². The topological polar surface area (TPSA) is 44.5 Å². The van der Waals surface area contributed by atoms with Crippen LogP contribution in [0.5, 0.6) is 17.2 Å². The Balaban J connectivity index is 2.23. The molecule has 112 valence electrons. The number of hydrogen-bond donors (Lipinski definition) is 1. The second-order valence-electron chi connectivity index (χ2n) is 4.87.